The van der Waals surface area contributed by atoms with E-state index in [2.05, 4.69) is 5.32 Å². The van der Waals surface area contributed by atoms with Crippen LogP contribution >= 0.6 is 11.6 Å². The number of anilines is 1. The van der Waals surface area contributed by atoms with Gasteiger partial charge in [-0.15, -0.1) is 0 Å². The first-order valence-electron chi connectivity index (χ1n) is 4.41. The molecule has 7 heteroatoms. The quantitative estimate of drug-likeness (QED) is 0.499. The van der Waals surface area contributed by atoms with Crippen LogP contribution in [0.4, 0.5) is 27.6 Å². The van der Waals surface area contributed by atoms with E-state index in [0.29, 0.717) is 5.57 Å². The molecule has 1 aromatic carbocycles. The monoisotopic (exact) mass is 271 g/mol. The molecule has 1 N–H and O–H groups in total. The minimum atomic E-state index is -2.19. The second kappa shape index (κ2) is 5.35. The first-order valence-corrected chi connectivity index (χ1v) is 4.85. The molecule has 0 radical (unpaired) electrons. The van der Waals surface area contributed by atoms with Gasteiger partial charge in [0.2, 0.25) is 5.82 Å². The van der Waals surface area contributed by atoms with Crippen molar-refractivity contribution >= 4 is 17.3 Å². The Bertz CT molecular complexity index is 443. The van der Waals surface area contributed by atoms with E-state index in [1.54, 1.807) is 0 Å². The Kier molecular flexibility index (Phi) is 4.34. The van der Waals surface area contributed by atoms with Crippen molar-refractivity contribution < 1.29 is 22.0 Å². The SMILES string of the molecule is CC(=CCl)CNc1c(F)c(F)c(F)c(F)c1F. The van der Waals surface area contributed by atoms with E-state index < -0.39 is 34.8 Å². The van der Waals surface area contributed by atoms with Gasteiger partial charge < -0.3 is 5.32 Å². The van der Waals surface area contributed by atoms with Crippen molar-refractivity contribution in [1.82, 2.24) is 0 Å². The molecule has 0 aliphatic rings. The molecule has 0 bridgehead atoms. The summed E-state index contributed by atoms with van der Waals surface area (Å²) < 4.78 is 64.5. The highest BCUT2D eigenvalue weighted by atomic mass is 35.5. The number of halogens is 6. The molecule has 0 aliphatic heterocycles. The zero-order valence-electron chi connectivity index (χ0n) is 8.55. The summed E-state index contributed by atoms with van der Waals surface area (Å²) >= 11 is 5.29. The van der Waals surface area contributed by atoms with Crippen molar-refractivity contribution in [3.63, 3.8) is 0 Å². The van der Waals surface area contributed by atoms with Gasteiger partial charge in [0.25, 0.3) is 0 Å². The van der Waals surface area contributed by atoms with Gasteiger partial charge in [-0.2, -0.15) is 0 Å². The average Bonchev–Trinajstić information content (AvgIpc) is 2.33. The Labute approximate surface area is 98.9 Å². The molecule has 94 valence electrons. The number of rotatable bonds is 3. The second-order valence-corrected chi connectivity index (χ2v) is 3.47. The van der Waals surface area contributed by atoms with Crippen LogP contribution in [0.3, 0.4) is 0 Å². The maximum atomic E-state index is 13.1. The summed E-state index contributed by atoms with van der Waals surface area (Å²) in [5.74, 6) is -9.96. The molecule has 0 fully saturated rings. The zero-order chi connectivity index (χ0) is 13.2. The molecular formula is C10H7ClF5N. The van der Waals surface area contributed by atoms with Crippen molar-refractivity contribution in [2.24, 2.45) is 0 Å². The number of benzene rings is 1. The molecule has 1 nitrogen and oxygen atoms in total. The van der Waals surface area contributed by atoms with Gasteiger partial charge in [0.1, 0.15) is 5.69 Å². The molecule has 0 amide bonds. The normalized spacial score (nSPS) is 11.8. The summed E-state index contributed by atoms with van der Waals surface area (Å²) in [7, 11) is 0. The summed E-state index contributed by atoms with van der Waals surface area (Å²) in [6, 6.07) is 0. The largest absolute Gasteiger partial charge is 0.376 e. The van der Waals surface area contributed by atoms with E-state index in [-0.39, 0.29) is 6.54 Å². The van der Waals surface area contributed by atoms with Gasteiger partial charge in [-0.25, -0.2) is 22.0 Å². The van der Waals surface area contributed by atoms with Crippen molar-refractivity contribution in [1.29, 1.82) is 0 Å². The standard InChI is InChI=1S/C10H7ClF5N/c1-4(2-11)3-17-10-8(15)6(13)5(12)7(14)9(10)16/h2,17H,3H2,1H3. The van der Waals surface area contributed by atoms with Gasteiger partial charge in [-0.05, 0) is 12.5 Å². The van der Waals surface area contributed by atoms with Crippen molar-refractivity contribution in [3.05, 3.63) is 40.2 Å². The van der Waals surface area contributed by atoms with Crippen LogP contribution in [0.1, 0.15) is 6.92 Å². The lowest BCUT2D eigenvalue weighted by molar-refractivity contribution is 0.381. The van der Waals surface area contributed by atoms with E-state index in [9.17, 15) is 22.0 Å². The van der Waals surface area contributed by atoms with Crippen LogP contribution in [0.15, 0.2) is 11.1 Å². The summed E-state index contributed by atoms with van der Waals surface area (Å²) in [5, 5.41) is 2.09. The third kappa shape index (κ3) is 2.69. The van der Waals surface area contributed by atoms with Crippen LogP contribution in [-0.2, 0) is 0 Å². The molecule has 0 saturated carbocycles. The fraction of sp³-hybridized carbons (Fsp3) is 0.200. The van der Waals surface area contributed by atoms with E-state index in [0.717, 1.165) is 5.54 Å². The highest BCUT2D eigenvalue weighted by Gasteiger charge is 2.25. The van der Waals surface area contributed by atoms with E-state index in [4.69, 9.17) is 11.6 Å². The minimum Gasteiger partial charge on any atom is -0.376 e. The molecule has 0 atom stereocenters. The first-order chi connectivity index (χ1) is 7.90. The van der Waals surface area contributed by atoms with Crippen LogP contribution in [0, 0.1) is 29.1 Å². The maximum absolute atomic E-state index is 13.1. The lowest BCUT2D eigenvalue weighted by Crippen LogP contribution is -2.11. The molecule has 0 saturated heterocycles. The van der Waals surface area contributed by atoms with Crippen LogP contribution in [0.25, 0.3) is 0 Å². The minimum absolute atomic E-state index is 0.137. The number of hydrogen-bond acceptors (Lipinski definition) is 1. The zero-order valence-corrected chi connectivity index (χ0v) is 9.31. The summed E-state index contributed by atoms with van der Waals surface area (Å²) in [6.07, 6.45) is 0. The lowest BCUT2D eigenvalue weighted by atomic mass is 10.2. The summed E-state index contributed by atoms with van der Waals surface area (Å²) in [4.78, 5) is 0. The van der Waals surface area contributed by atoms with Gasteiger partial charge in [-0.1, -0.05) is 11.6 Å². The molecule has 1 aromatic rings. The molecule has 0 aliphatic carbocycles. The van der Waals surface area contributed by atoms with Gasteiger partial charge in [0.15, 0.2) is 23.3 Å². The van der Waals surface area contributed by atoms with E-state index in [1.165, 1.54) is 6.92 Å². The highest BCUT2D eigenvalue weighted by molar-refractivity contribution is 6.25. The topological polar surface area (TPSA) is 12.0 Å². The highest BCUT2D eigenvalue weighted by Crippen LogP contribution is 2.27. The van der Waals surface area contributed by atoms with Crippen LogP contribution < -0.4 is 5.32 Å². The fourth-order valence-electron chi connectivity index (χ4n) is 1.03. The second-order valence-electron chi connectivity index (χ2n) is 3.25. The molecule has 0 unspecified atom stereocenters. The molecular weight excluding hydrogens is 265 g/mol. The Morgan fingerprint density at radius 3 is 1.82 bits per heavy atom. The Morgan fingerprint density at radius 1 is 1.00 bits per heavy atom. The third-order valence-corrected chi connectivity index (χ3v) is 2.31. The van der Waals surface area contributed by atoms with Gasteiger partial charge in [0.05, 0.1) is 0 Å². The van der Waals surface area contributed by atoms with E-state index >= 15 is 0 Å². The summed E-state index contributed by atoms with van der Waals surface area (Å²) in [6.45, 7) is 1.38. The summed E-state index contributed by atoms with van der Waals surface area (Å²) in [5.41, 5.74) is 0.522. The van der Waals surface area contributed by atoms with Crippen LogP contribution in [0.2, 0.25) is 0 Å². The van der Waals surface area contributed by atoms with Crippen molar-refractivity contribution in [3.8, 4) is 0 Å². The van der Waals surface area contributed by atoms with E-state index in [1.807, 2.05) is 0 Å². The smallest absolute Gasteiger partial charge is 0.200 e. The Morgan fingerprint density at radius 2 is 1.41 bits per heavy atom. The Hall–Kier alpha value is -1.30. The number of nitrogens with one attached hydrogen (secondary N) is 1. The fourth-order valence-corrected chi connectivity index (χ4v) is 1.10. The Balaban J connectivity index is 3.16. The number of hydrogen-bond donors (Lipinski definition) is 1. The molecule has 0 heterocycles. The first kappa shape index (κ1) is 13.8. The maximum Gasteiger partial charge on any atom is 0.200 e. The predicted molar refractivity (Wildman–Crippen MR) is 54.3 cm³/mol. The van der Waals surface area contributed by atoms with Gasteiger partial charge in [-0.3, -0.25) is 0 Å². The third-order valence-electron chi connectivity index (χ3n) is 1.94. The molecule has 0 aromatic heterocycles. The van der Waals surface area contributed by atoms with Crippen LogP contribution in [-0.4, -0.2) is 6.54 Å². The molecule has 1 rings (SSSR count). The average molecular weight is 272 g/mol. The van der Waals surface area contributed by atoms with Crippen LogP contribution in [0.5, 0.6) is 0 Å². The molecule has 17 heavy (non-hydrogen) atoms. The van der Waals surface area contributed by atoms with Gasteiger partial charge >= 0.3 is 0 Å². The van der Waals surface area contributed by atoms with Crippen molar-refractivity contribution in [2.45, 2.75) is 6.92 Å². The lowest BCUT2D eigenvalue weighted by Gasteiger charge is -2.10. The van der Waals surface area contributed by atoms with Gasteiger partial charge in [0, 0.05) is 12.1 Å². The van der Waals surface area contributed by atoms with Crippen molar-refractivity contribution in [2.75, 3.05) is 11.9 Å². The molecule has 0 spiro atoms. The predicted octanol–water partition coefficient (Wildman–Crippen LogP) is 3.94.